The fraction of sp³-hybridized carbons (Fsp3) is 0.385. The number of carbonyl (C=O) groups excluding carboxylic acids is 2. The SMILES string of the molecule is COc1ccc(C(O)=C2C(=O)C(=O)N(CCCN(C)C)[C@@H]2c2cccc(OC)c2OC)cc1C. The van der Waals surface area contributed by atoms with E-state index >= 15 is 0 Å². The summed E-state index contributed by atoms with van der Waals surface area (Å²) in [4.78, 5) is 29.9. The van der Waals surface area contributed by atoms with E-state index < -0.39 is 17.7 Å². The van der Waals surface area contributed by atoms with Gasteiger partial charge in [0.2, 0.25) is 0 Å². The van der Waals surface area contributed by atoms with Crippen LogP contribution in [0.25, 0.3) is 5.76 Å². The first-order valence-electron chi connectivity index (χ1n) is 11.0. The third-order valence-corrected chi connectivity index (χ3v) is 5.94. The second kappa shape index (κ2) is 10.6. The summed E-state index contributed by atoms with van der Waals surface area (Å²) in [5, 5.41) is 11.3. The lowest BCUT2D eigenvalue weighted by Gasteiger charge is -2.27. The van der Waals surface area contributed by atoms with Gasteiger partial charge in [0.05, 0.1) is 32.9 Å². The monoisotopic (exact) mass is 468 g/mol. The summed E-state index contributed by atoms with van der Waals surface area (Å²) in [6, 6.07) is 9.59. The van der Waals surface area contributed by atoms with Crippen LogP contribution < -0.4 is 14.2 Å². The second-order valence-corrected chi connectivity index (χ2v) is 8.42. The van der Waals surface area contributed by atoms with E-state index in [4.69, 9.17) is 14.2 Å². The normalized spacial score (nSPS) is 17.4. The number of benzene rings is 2. The predicted molar refractivity (Wildman–Crippen MR) is 129 cm³/mol. The number of Topliss-reactive ketones (excluding diaryl/α,β-unsaturated/α-hetero) is 1. The Morgan fingerprint density at radius 2 is 1.74 bits per heavy atom. The lowest BCUT2D eigenvalue weighted by molar-refractivity contribution is -0.140. The van der Waals surface area contributed by atoms with E-state index in [0.717, 1.165) is 12.1 Å². The highest BCUT2D eigenvalue weighted by molar-refractivity contribution is 6.46. The first kappa shape index (κ1) is 25.1. The molecule has 34 heavy (non-hydrogen) atoms. The van der Waals surface area contributed by atoms with E-state index in [0.29, 0.717) is 41.3 Å². The standard InChI is InChI=1S/C26H32N2O6/c1-16-15-17(11-12-19(16)32-4)23(29)21-22(18-9-7-10-20(33-5)25(18)34-6)28(26(31)24(21)30)14-8-13-27(2)3/h7,9-12,15,22,29H,8,13-14H2,1-6H3/t22-/m1/s1. The summed E-state index contributed by atoms with van der Waals surface area (Å²) in [5.41, 5.74) is 1.81. The van der Waals surface area contributed by atoms with Crippen LogP contribution >= 0.6 is 0 Å². The van der Waals surface area contributed by atoms with Gasteiger partial charge >= 0.3 is 0 Å². The number of aryl methyl sites for hydroxylation is 1. The van der Waals surface area contributed by atoms with Gasteiger partial charge in [-0.2, -0.15) is 0 Å². The molecule has 1 N–H and O–H groups in total. The zero-order valence-corrected chi connectivity index (χ0v) is 20.5. The Morgan fingerprint density at radius 3 is 2.32 bits per heavy atom. The van der Waals surface area contributed by atoms with Gasteiger partial charge in [0.1, 0.15) is 11.5 Å². The number of rotatable bonds is 9. The van der Waals surface area contributed by atoms with Crippen LogP contribution in [0.1, 0.15) is 29.2 Å². The quantitative estimate of drug-likeness (QED) is 0.343. The predicted octanol–water partition coefficient (Wildman–Crippen LogP) is 3.39. The van der Waals surface area contributed by atoms with Crippen LogP contribution in [-0.2, 0) is 9.59 Å². The number of ether oxygens (including phenoxy) is 3. The number of hydrogen-bond acceptors (Lipinski definition) is 7. The lowest BCUT2D eigenvalue weighted by atomic mass is 9.94. The van der Waals surface area contributed by atoms with Crippen molar-refractivity contribution in [2.75, 3.05) is 48.5 Å². The number of para-hydroxylation sites is 1. The Kier molecular flexibility index (Phi) is 7.83. The van der Waals surface area contributed by atoms with Crippen LogP contribution in [0.4, 0.5) is 0 Å². The van der Waals surface area contributed by atoms with Crippen LogP contribution in [0.2, 0.25) is 0 Å². The van der Waals surface area contributed by atoms with Gasteiger partial charge in [0.15, 0.2) is 11.5 Å². The molecule has 182 valence electrons. The maximum Gasteiger partial charge on any atom is 0.295 e. The van der Waals surface area contributed by atoms with Crippen LogP contribution in [0.5, 0.6) is 17.2 Å². The molecule has 0 saturated carbocycles. The molecule has 0 aliphatic carbocycles. The van der Waals surface area contributed by atoms with E-state index in [9.17, 15) is 14.7 Å². The molecule has 3 rings (SSSR count). The average Bonchev–Trinajstić information content (AvgIpc) is 3.07. The van der Waals surface area contributed by atoms with Gasteiger partial charge in [-0.25, -0.2) is 0 Å². The average molecular weight is 469 g/mol. The van der Waals surface area contributed by atoms with E-state index in [1.165, 1.54) is 19.1 Å². The number of ketones is 1. The molecule has 1 aliphatic heterocycles. The van der Waals surface area contributed by atoms with Crippen molar-refractivity contribution in [2.45, 2.75) is 19.4 Å². The molecule has 8 heteroatoms. The Labute approximate surface area is 200 Å². The fourth-order valence-electron chi connectivity index (χ4n) is 4.30. The molecule has 0 bridgehead atoms. The Balaban J connectivity index is 2.21. The van der Waals surface area contributed by atoms with Crippen LogP contribution in [0.3, 0.4) is 0 Å². The lowest BCUT2D eigenvalue weighted by Crippen LogP contribution is -2.32. The first-order valence-corrected chi connectivity index (χ1v) is 11.0. The molecule has 1 amide bonds. The van der Waals surface area contributed by atoms with E-state index in [1.807, 2.05) is 25.9 Å². The maximum absolute atomic E-state index is 13.3. The van der Waals surface area contributed by atoms with E-state index in [-0.39, 0.29) is 11.3 Å². The maximum atomic E-state index is 13.3. The smallest absolute Gasteiger partial charge is 0.295 e. The number of hydrogen-bond donors (Lipinski definition) is 1. The van der Waals surface area contributed by atoms with E-state index in [2.05, 4.69) is 0 Å². The number of nitrogens with zero attached hydrogens (tertiary/aromatic N) is 2. The molecular formula is C26H32N2O6. The minimum absolute atomic E-state index is 0.0194. The third-order valence-electron chi connectivity index (χ3n) is 5.94. The summed E-state index contributed by atoms with van der Waals surface area (Å²) in [5.74, 6) is -0.0858. The second-order valence-electron chi connectivity index (χ2n) is 8.42. The zero-order chi connectivity index (χ0) is 25.0. The van der Waals surface area contributed by atoms with Crippen molar-refractivity contribution in [1.29, 1.82) is 0 Å². The van der Waals surface area contributed by atoms with Crippen molar-refractivity contribution >= 4 is 17.4 Å². The number of carbonyl (C=O) groups is 2. The minimum Gasteiger partial charge on any atom is -0.507 e. The largest absolute Gasteiger partial charge is 0.507 e. The molecule has 1 aliphatic rings. The van der Waals surface area contributed by atoms with Gasteiger partial charge in [-0.3, -0.25) is 9.59 Å². The highest BCUT2D eigenvalue weighted by atomic mass is 16.5. The summed E-state index contributed by atoms with van der Waals surface area (Å²) in [6.07, 6.45) is 0.657. The summed E-state index contributed by atoms with van der Waals surface area (Å²) < 4.78 is 16.4. The van der Waals surface area contributed by atoms with Crippen molar-refractivity contribution in [3.8, 4) is 17.2 Å². The summed E-state index contributed by atoms with van der Waals surface area (Å²) in [6.45, 7) is 2.92. The zero-order valence-electron chi connectivity index (χ0n) is 20.5. The molecule has 0 unspecified atom stereocenters. The first-order chi connectivity index (χ1) is 16.2. The van der Waals surface area contributed by atoms with Gasteiger partial charge in [-0.15, -0.1) is 0 Å². The van der Waals surface area contributed by atoms with Crippen LogP contribution in [0, 0.1) is 6.92 Å². The number of aliphatic hydroxyl groups is 1. The number of aliphatic hydroxyl groups excluding tert-OH is 1. The highest BCUT2D eigenvalue weighted by Gasteiger charge is 2.47. The van der Waals surface area contributed by atoms with Gasteiger partial charge in [0.25, 0.3) is 11.7 Å². The van der Waals surface area contributed by atoms with Crippen LogP contribution in [0.15, 0.2) is 42.0 Å². The molecule has 1 atom stereocenters. The van der Waals surface area contributed by atoms with Crippen molar-refractivity contribution in [1.82, 2.24) is 9.80 Å². The Morgan fingerprint density at radius 1 is 1.03 bits per heavy atom. The molecule has 8 nitrogen and oxygen atoms in total. The molecule has 1 fully saturated rings. The number of likely N-dealkylation sites (tertiary alicyclic amines) is 1. The topological polar surface area (TPSA) is 88.5 Å². The van der Waals surface area contributed by atoms with Gasteiger partial charge in [-0.1, -0.05) is 12.1 Å². The summed E-state index contributed by atoms with van der Waals surface area (Å²) in [7, 11) is 8.49. The summed E-state index contributed by atoms with van der Waals surface area (Å²) >= 11 is 0. The van der Waals surface area contributed by atoms with Gasteiger partial charge < -0.3 is 29.1 Å². The van der Waals surface area contributed by atoms with Crippen molar-refractivity contribution < 1.29 is 28.9 Å². The Hall–Kier alpha value is -3.52. The molecule has 2 aromatic rings. The van der Waals surface area contributed by atoms with Crippen molar-refractivity contribution in [3.63, 3.8) is 0 Å². The third kappa shape index (κ3) is 4.72. The minimum atomic E-state index is -0.824. The highest BCUT2D eigenvalue weighted by Crippen LogP contribution is 2.45. The Bertz CT molecular complexity index is 1110. The fourth-order valence-corrected chi connectivity index (χ4v) is 4.30. The molecule has 0 aromatic heterocycles. The number of methoxy groups -OCH3 is 3. The number of amides is 1. The van der Waals surface area contributed by atoms with Crippen LogP contribution in [-0.4, -0.2) is 75.1 Å². The van der Waals surface area contributed by atoms with Crippen molar-refractivity contribution in [3.05, 3.63) is 58.7 Å². The molecular weight excluding hydrogens is 436 g/mol. The molecule has 0 spiro atoms. The van der Waals surface area contributed by atoms with Crippen molar-refractivity contribution in [2.24, 2.45) is 0 Å². The molecule has 1 saturated heterocycles. The van der Waals surface area contributed by atoms with Gasteiger partial charge in [-0.05, 0) is 63.8 Å². The molecule has 0 radical (unpaired) electrons. The molecule has 1 heterocycles. The molecule has 2 aromatic carbocycles. The van der Waals surface area contributed by atoms with E-state index in [1.54, 1.807) is 43.5 Å². The van der Waals surface area contributed by atoms with Gasteiger partial charge in [0, 0.05) is 17.7 Å².